The molecule has 10 heavy (non-hydrogen) atoms. The van der Waals surface area contributed by atoms with Gasteiger partial charge in [0.2, 0.25) is 0 Å². The zero-order chi connectivity index (χ0) is 7.99. The van der Waals surface area contributed by atoms with Crippen molar-refractivity contribution in [1.29, 1.82) is 0 Å². The van der Waals surface area contributed by atoms with E-state index in [1.807, 2.05) is 0 Å². The van der Waals surface area contributed by atoms with Gasteiger partial charge in [0.1, 0.15) is 0 Å². The maximum absolute atomic E-state index is 10.5. The molecule has 0 spiro atoms. The van der Waals surface area contributed by atoms with Crippen LogP contribution in [0, 0.1) is 0 Å². The Hall–Kier alpha value is -0.170. The van der Waals surface area contributed by atoms with E-state index in [9.17, 15) is 8.42 Å². The van der Waals surface area contributed by atoms with Gasteiger partial charge in [0.05, 0.1) is 0 Å². The highest BCUT2D eigenvalue weighted by Crippen LogP contribution is 2.18. The molecule has 0 bridgehead atoms. The van der Waals surface area contributed by atoms with Gasteiger partial charge >= 0.3 is 0 Å². The van der Waals surface area contributed by atoms with Gasteiger partial charge in [-0.1, -0.05) is 0 Å². The first-order valence-electron chi connectivity index (χ1n) is 2.88. The normalized spacial score (nSPS) is 25.9. The highest BCUT2D eigenvalue weighted by atomic mass is 32.2. The zero-order valence-electron chi connectivity index (χ0n) is 5.74. The molecule has 1 heterocycles. The Morgan fingerprint density at radius 1 is 1.50 bits per heavy atom. The van der Waals surface area contributed by atoms with Crippen LogP contribution in [0.4, 0.5) is 0 Å². The smallest absolute Gasteiger partial charge is 0.277 e. The van der Waals surface area contributed by atoms with E-state index in [0.717, 1.165) is 4.31 Å². The van der Waals surface area contributed by atoms with Crippen molar-refractivity contribution in [2.24, 2.45) is 10.9 Å². The fourth-order valence-electron chi connectivity index (χ4n) is 0.939. The van der Waals surface area contributed by atoms with E-state index < -0.39 is 10.2 Å². The number of rotatable bonds is 1. The minimum atomic E-state index is -3.48. The van der Waals surface area contributed by atoms with E-state index in [1.54, 1.807) is 6.92 Å². The topological polar surface area (TPSA) is 89.4 Å². The number of nitrogens with two attached hydrogens (primary N) is 2. The van der Waals surface area contributed by atoms with Gasteiger partial charge in [-0.3, -0.25) is 0 Å². The van der Waals surface area contributed by atoms with Crippen molar-refractivity contribution in [2.75, 3.05) is 13.1 Å². The lowest BCUT2D eigenvalue weighted by Gasteiger charge is -2.42. The fourth-order valence-corrected chi connectivity index (χ4v) is 1.89. The molecule has 1 aliphatic heterocycles. The summed E-state index contributed by atoms with van der Waals surface area (Å²) in [4.78, 5) is 0. The summed E-state index contributed by atoms with van der Waals surface area (Å²) < 4.78 is 22.2. The third-order valence-electron chi connectivity index (χ3n) is 1.44. The molecule has 1 saturated heterocycles. The molecular weight excluding hydrogens is 154 g/mol. The Bertz CT molecular complexity index is 225. The quantitative estimate of drug-likeness (QED) is 0.481. The van der Waals surface area contributed by atoms with Crippen molar-refractivity contribution in [2.45, 2.75) is 12.5 Å². The third kappa shape index (κ3) is 1.46. The van der Waals surface area contributed by atoms with Crippen LogP contribution >= 0.6 is 0 Å². The largest absolute Gasteiger partial charge is 0.323 e. The molecule has 0 aromatic heterocycles. The Kier molecular flexibility index (Phi) is 1.52. The first-order valence-corrected chi connectivity index (χ1v) is 4.38. The van der Waals surface area contributed by atoms with Gasteiger partial charge in [-0.25, -0.2) is 5.14 Å². The minimum Gasteiger partial charge on any atom is -0.323 e. The molecule has 4 N–H and O–H groups in total. The average molecular weight is 165 g/mol. The zero-order valence-corrected chi connectivity index (χ0v) is 6.56. The van der Waals surface area contributed by atoms with Crippen molar-refractivity contribution in [3.8, 4) is 0 Å². The molecule has 5 nitrogen and oxygen atoms in total. The van der Waals surface area contributed by atoms with E-state index in [0.29, 0.717) is 13.1 Å². The van der Waals surface area contributed by atoms with Gasteiger partial charge < -0.3 is 5.73 Å². The molecule has 0 atom stereocenters. The van der Waals surface area contributed by atoms with E-state index in [1.165, 1.54) is 0 Å². The van der Waals surface area contributed by atoms with Gasteiger partial charge in [0, 0.05) is 18.6 Å². The van der Waals surface area contributed by atoms with Gasteiger partial charge in [-0.15, -0.1) is 0 Å². The molecule has 6 heteroatoms. The number of hydrogen-bond acceptors (Lipinski definition) is 3. The molecule has 0 radical (unpaired) electrons. The molecular formula is C4H11N3O2S. The Morgan fingerprint density at radius 3 is 2.00 bits per heavy atom. The van der Waals surface area contributed by atoms with E-state index >= 15 is 0 Å². The Morgan fingerprint density at radius 2 is 1.90 bits per heavy atom. The summed E-state index contributed by atoms with van der Waals surface area (Å²) >= 11 is 0. The van der Waals surface area contributed by atoms with Crippen LogP contribution in [-0.2, 0) is 10.2 Å². The summed E-state index contributed by atoms with van der Waals surface area (Å²) in [6.45, 7) is 2.44. The summed E-state index contributed by atoms with van der Waals surface area (Å²) in [5.74, 6) is 0. The van der Waals surface area contributed by atoms with Crippen LogP contribution in [0.2, 0.25) is 0 Å². The predicted octanol–water partition coefficient (Wildman–Crippen LogP) is -1.78. The lowest BCUT2D eigenvalue weighted by molar-refractivity contribution is 0.176. The van der Waals surface area contributed by atoms with Gasteiger partial charge in [0.15, 0.2) is 0 Å². The van der Waals surface area contributed by atoms with Crippen molar-refractivity contribution in [3.05, 3.63) is 0 Å². The molecule has 1 aliphatic rings. The van der Waals surface area contributed by atoms with Crippen molar-refractivity contribution in [3.63, 3.8) is 0 Å². The maximum Gasteiger partial charge on any atom is 0.277 e. The van der Waals surface area contributed by atoms with Crippen molar-refractivity contribution in [1.82, 2.24) is 4.31 Å². The molecule has 0 amide bonds. The minimum absolute atomic E-state index is 0.325. The molecule has 0 aliphatic carbocycles. The van der Waals surface area contributed by atoms with E-state index in [-0.39, 0.29) is 5.54 Å². The number of nitrogens with zero attached hydrogens (tertiary/aromatic N) is 1. The summed E-state index contributed by atoms with van der Waals surface area (Å²) in [6.07, 6.45) is 0. The predicted molar refractivity (Wildman–Crippen MR) is 37.3 cm³/mol. The monoisotopic (exact) mass is 165 g/mol. The molecule has 60 valence electrons. The first-order chi connectivity index (χ1) is 4.31. The van der Waals surface area contributed by atoms with Crippen LogP contribution in [0.1, 0.15) is 6.92 Å². The van der Waals surface area contributed by atoms with Crippen LogP contribution < -0.4 is 10.9 Å². The summed E-state index contributed by atoms with van der Waals surface area (Å²) in [7, 11) is -3.48. The second-order valence-electron chi connectivity index (χ2n) is 2.97. The average Bonchev–Trinajstić information content (AvgIpc) is 1.56. The molecule has 0 unspecified atom stereocenters. The highest BCUT2D eigenvalue weighted by molar-refractivity contribution is 7.86. The second-order valence-corrected chi connectivity index (χ2v) is 4.51. The van der Waals surface area contributed by atoms with Crippen LogP contribution in [0.25, 0.3) is 0 Å². The van der Waals surface area contributed by atoms with Crippen LogP contribution in [0.5, 0.6) is 0 Å². The third-order valence-corrected chi connectivity index (χ3v) is 2.41. The van der Waals surface area contributed by atoms with Crippen LogP contribution in [-0.4, -0.2) is 31.4 Å². The lowest BCUT2D eigenvalue weighted by Crippen LogP contribution is -2.67. The van der Waals surface area contributed by atoms with Crippen molar-refractivity contribution < 1.29 is 8.42 Å². The standard InChI is InChI=1S/C4H11N3O2S/c1-4(5)2-7(3-4)10(6,8)9/h2-3,5H2,1H3,(H2,6,8,9). The molecule has 1 rings (SSSR count). The van der Waals surface area contributed by atoms with Gasteiger partial charge in [-0.2, -0.15) is 12.7 Å². The maximum atomic E-state index is 10.5. The molecule has 0 saturated carbocycles. The van der Waals surface area contributed by atoms with E-state index in [4.69, 9.17) is 10.9 Å². The van der Waals surface area contributed by atoms with Gasteiger partial charge in [0.25, 0.3) is 10.2 Å². The van der Waals surface area contributed by atoms with Crippen LogP contribution in [0.15, 0.2) is 0 Å². The highest BCUT2D eigenvalue weighted by Gasteiger charge is 2.40. The SMILES string of the molecule is CC1(N)CN(S(N)(=O)=O)C1. The Balaban J connectivity index is 2.57. The number of hydrogen-bond donors (Lipinski definition) is 2. The molecule has 0 aromatic carbocycles. The summed E-state index contributed by atoms with van der Waals surface area (Å²) in [6, 6.07) is 0. The van der Waals surface area contributed by atoms with E-state index in [2.05, 4.69) is 0 Å². The first kappa shape index (κ1) is 7.93. The summed E-state index contributed by atoms with van der Waals surface area (Å²) in [5, 5.41) is 4.80. The fraction of sp³-hybridized carbons (Fsp3) is 1.00. The second kappa shape index (κ2) is 1.91. The molecule has 0 aromatic rings. The molecule has 1 fully saturated rings. The van der Waals surface area contributed by atoms with Crippen LogP contribution in [0.3, 0.4) is 0 Å². The lowest BCUT2D eigenvalue weighted by atomic mass is 9.97. The summed E-state index contributed by atoms with van der Waals surface area (Å²) in [5.41, 5.74) is 5.16. The Labute approximate surface area is 60.2 Å². The van der Waals surface area contributed by atoms with Crippen molar-refractivity contribution >= 4 is 10.2 Å². The van der Waals surface area contributed by atoms with Gasteiger partial charge in [-0.05, 0) is 6.92 Å².